The molecule has 2 nitrogen and oxygen atoms in total. The lowest BCUT2D eigenvalue weighted by atomic mass is 9.97. The van der Waals surface area contributed by atoms with Crippen LogP contribution in [-0.4, -0.2) is 18.2 Å². The molecule has 2 aromatic carbocycles. The van der Waals surface area contributed by atoms with Crippen LogP contribution in [0.1, 0.15) is 25.0 Å². The molecule has 2 unspecified atom stereocenters. The van der Waals surface area contributed by atoms with Crippen LogP contribution in [0.4, 0.5) is 13.2 Å². The van der Waals surface area contributed by atoms with Gasteiger partial charge in [-0.25, -0.2) is 0 Å². The van der Waals surface area contributed by atoms with Crippen LogP contribution in [0.5, 0.6) is 0 Å². The number of fused-ring (bicyclic) bond motifs is 1. The Morgan fingerprint density at radius 2 is 1.80 bits per heavy atom. The van der Waals surface area contributed by atoms with Crippen LogP contribution in [0, 0.1) is 17.3 Å². The first-order chi connectivity index (χ1) is 14.1. The highest BCUT2D eigenvalue weighted by Gasteiger charge is 2.62. The number of hydrogen-bond donors (Lipinski definition) is 0. The summed E-state index contributed by atoms with van der Waals surface area (Å²) in [7, 11) is 0. The fraction of sp³-hybridized carbons (Fsp3) is 0.375. The molecule has 158 valence electrons. The summed E-state index contributed by atoms with van der Waals surface area (Å²) < 4.78 is 44.0. The smallest absolute Gasteiger partial charge is 0.426 e. The van der Waals surface area contributed by atoms with Crippen molar-refractivity contribution in [3.63, 3.8) is 0 Å². The van der Waals surface area contributed by atoms with E-state index in [0.717, 1.165) is 28.3 Å². The van der Waals surface area contributed by atoms with Gasteiger partial charge in [-0.1, -0.05) is 80.1 Å². The van der Waals surface area contributed by atoms with Gasteiger partial charge in [-0.3, -0.25) is 4.79 Å². The number of allylic oxidation sites excluding steroid dienone is 2. The van der Waals surface area contributed by atoms with Gasteiger partial charge >= 0.3 is 12.1 Å². The minimum absolute atomic E-state index is 0.309. The Kier molecular flexibility index (Phi) is 5.21. The highest BCUT2D eigenvalue weighted by molar-refractivity contribution is 6.30. The van der Waals surface area contributed by atoms with Crippen LogP contribution in [0.15, 0.2) is 59.6 Å². The Bertz CT molecular complexity index is 995. The number of benzene rings is 2. The minimum atomic E-state index is -4.60. The van der Waals surface area contributed by atoms with Crippen molar-refractivity contribution in [3.05, 3.63) is 70.8 Å². The Balaban J connectivity index is 1.47. The van der Waals surface area contributed by atoms with Gasteiger partial charge in [0.25, 0.3) is 0 Å². The first-order valence-electron chi connectivity index (χ1n) is 9.90. The monoisotopic (exact) mass is 434 g/mol. The van der Waals surface area contributed by atoms with E-state index in [1.54, 1.807) is 13.8 Å². The number of alkyl halides is 3. The molecule has 0 aliphatic heterocycles. The van der Waals surface area contributed by atoms with Crippen molar-refractivity contribution < 1.29 is 22.7 Å². The first-order valence-corrected chi connectivity index (χ1v) is 10.3. The van der Waals surface area contributed by atoms with Gasteiger partial charge in [-0.2, -0.15) is 13.2 Å². The molecule has 3 atom stereocenters. The summed E-state index contributed by atoms with van der Waals surface area (Å²) in [5, 5.41) is -1.18. The maximum atomic E-state index is 12.8. The second kappa shape index (κ2) is 7.45. The van der Waals surface area contributed by atoms with Crippen LogP contribution in [-0.2, 0) is 22.4 Å². The molecule has 0 bridgehead atoms. The summed E-state index contributed by atoms with van der Waals surface area (Å²) in [4.78, 5) is 12.7. The van der Waals surface area contributed by atoms with Crippen LogP contribution in [0.25, 0.3) is 11.1 Å². The van der Waals surface area contributed by atoms with Crippen molar-refractivity contribution in [3.8, 4) is 11.1 Å². The molecule has 0 saturated heterocycles. The fourth-order valence-electron chi connectivity index (χ4n) is 4.51. The zero-order chi connectivity index (χ0) is 21.7. The number of halogens is 4. The van der Waals surface area contributed by atoms with Gasteiger partial charge in [0.15, 0.2) is 0 Å². The number of rotatable bonds is 4. The summed E-state index contributed by atoms with van der Waals surface area (Å²) in [6.07, 6.45) is -2.75. The lowest BCUT2D eigenvalue weighted by Crippen LogP contribution is -2.21. The second-order valence-electron chi connectivity index (χ2n) is 8.61. The predicted molar refractivity (Wildman–Crippen MR) is 110 cm³/mol. The summed E-state index contributed by atoms with van der Waals surface area (Å²) >= 11 is 5.38. The molecule has 4 rings (SSSR count). The standard InChI is InChI=1S/C24H22ClF3O2/c1-23(2)19(13-20(25)24(26,27)28)21(23)22(29)30-16-11-15-9-6-10-17(18(15)12-16)14-7-4-3-5-8-14/h3-10,13,16,19,21H,11-12H2,1-2H3/b20-13+/t16?,19?,21-/m0/s1. The quantitative estimate of drug-likeness (QED) is 0.526. The average Bonchev–Trinajstić information content (AvgIpc) is 3.01. The Morgan fingerprint density at radius 3 is 2.47 bits per heavy atom. The SMILES string of the molecule is CC1(C)C(/C=C(/Cl)C(F)(F)F)[C@H]1C(=O)OC1Cc2cccc(-c3ccccc3)c2C1. The second-order valence-corrected chi connectivity index (χ2v) is 9.02. The van der Waals surface area contributed by atoms with E-state index < -0.39 is 34.4 Å². The molecule has 1 fully saturated rings. The maximum absolute atomic E-state index is 12.8. The third-order valence-electron chi connectivity index (χ3n) is 6.28. The van der Waals surface area contributed by atoms with Crippen molar-refractivity contribution >= 4 is 17.6 Å². The summed E-state index contributed by atoms with van der Waals surface area (Å²) in [5.41, 5.74) is 3.92. The van der Waals surface area contributed by atoms with Crippen molar-refractivity contribution in [1.29, 1.82) is 0 Å². The van der Waals surface area contributed by atoms with E-state index in [2.05, 4.69) is 6.07 Å². The van der Waals surface area contributed by atoms with Gasteiger partial charge in [0.2, 0.25) is 0 Å². The highest BCUT2D eigenvalue weighted by atomic mass is 35.5. The fourth-order valence-corrected chi connectivity index (χ4v) is 4.65. The topological polar surface area (TPSA) is 26.3 Å². The molecule has 0 spiro atoms. The van der Waals surface area contributed by atoms with E-state index >= 15 is 0 Å². The average molecular weight is 435 g/mol. The molecule has 0 N–H and O–H groups in total. The van der Waals surface area contributed by atoms with Gasteiger partial charge in [-0.05, 0) is 33.6 Å². The summed E-state index contributed by atoms with van der Waals surface area (Å²) in [6.45, 7) is 3.52. The van der Waals surface area contributed by atoms with E-state index in [0.29, 0.717) is 12.8 Å². The molecule has 0 amide bonds. The Labute approximate surface area is 178 Å². The third-order valence-corrected chi connectivity index (χ3v) is 6.62. The van der Waals surface area contributed by atoms with Crippen molar-refractivity contribution in [1.82, 2.24) is 0 Å². The molecule has 30 heavy (non-hydrogen) atoms. The van der Waals surface area contributed by atoms with Gasteiger partial charge in [0.05, 0.1) is 5.92 Å². The Hall–Kier alpha value is -2.27. The largest absolute Gasteiger partial charge is 0.461 e. The maximum Gasteiger partial charge on any atom is 0.426 e. The van der Waals surface area contributed by atoms with Crippen molar-refractivity contribution in [2.45, 2.75) is 39.0 Å². The van der Waals surface area contributed by atoms with Gasteiger partial charge in [0, 0.05) is 12.8 Å². The predicted octanol–water partition coefficient (Wildman–Crippen LogP) is 6.32. The van der Waals surface area contributed by atoms with Crippen LogP contribution in [0.3, 0.4) is 0 Å². The molecule has 2 aliphatic rings. The molecular formula is C24H22ClF3O2. The number of esters is 1. The molecule has 0 aromatic heterocycles. The minimum Gasteiger partial charge on any atom is -0.461 e. The van der Waals surface area contributed by atoms with E-state index in [4.69, 9.17) is 16.3 Å². The number of carbonyl (C=O) groups is 1. The zero-order valence-corrected chi connectivity index (χ0v) is 17.4. The van der Waals surface area contributed by atoms with Crippen molar-refractivity contribution in [2.75, 3.05) is 0 Å². The van der Waals surface area contributed by atoms with E-state index in [9.17, 15) is 18.0 Å². The molecule has 0 heterocycles. The van der Waals surface area contributed by atoms with Gasteiger partial charge in [0.1, 0.15) is 11.1 Å². The lowest BCUT2D eigenvalue weighted by Gasteiger charge is -2.12. The number of carbonyl (C=O) groups excluding carboxylic acids is 1. The molecule has 2 aliphatic carbocycles. The third kappa shape index (κ3) is 3.87. The molecule has 2 aromatic rings. The highest BCUT2D eigenvalue weighted by Crippen LogP contribution is 2.60. The zero-order valence-electron chi connectivity index (χ0n) is 16.7. The van der Waals surface area contributed by atoms with Crippen LogP contribution >= 0.6 is 11.6 Å². The molecular weight excluding hydrogens is 413 g/mol. The van der Waals surface area contributed by atoms with Gasteiger partial charge in [-0.15, -0.1) is 0 Å². The molecule has 6 heteroatoms. The van der Waals surface area contributed by atoms with Crippen molar-refractivity contribution in [2.24, 2.45) is 17.3 Å². The number of ether oxygens (including phenoxy) is 1. The van der Waals surface area contributed by atoms with E-state index in [1.165, 1.54) is 0 Å². The van der Waals surface area contributed by atoms with Crippen LogP contribution < -0.4 is 0 Å². The summed E-state index contributed by atoms with van der Waals surface area (Å²) in [5.74, 6) is -1.65. The molecule has 1 saturated carbocycles. The first kappa shape index (κ1) is 21.0. The summed E-state index contributed by atoms with van der Waals surface area (Å²) in [6, 6.07) is 16.1. The van der Waals surface area contributed by atoms with Gasteiger partial charge < -0.3 is 4.74 Å². The van der Waals surface area contributed by atoms with E-state index in [-0.39, 0.29) is 6.10 Å². The Morgan fingerprint density at radius 1 is 1.10 bits per heavy atom. The van der Waals surface area contributed by atoms with Crippen LogP contribution in [0.2, 0.25) is 0 Å². The number of hydrogen-bond acceptors (Lipinski definition) is 2. The van der Waals surface area contributed by atoms with E-state index in [1.807, 2.05) is 42.5 Å². The lowest BCUT2D eigenvalue weighted by molar-refractivity contribution is -0.151. The molecule has 0 radical (unpaired) electrons. The normalized spacial score (nSPS) is 25.0.